The molecule has 19 heavy (non-hydrogen) atoms. The lowest BCUT2D eigenvalue weighted by Crippen LogP contribution is -2.22. The highest BCUT2D eigenvalue weighted by atomic mass is 19.1. The summed E-state index contributed by atoms with van der Waals surface area (Å²) >= 11 is 0. The average Bonchev–Trinajstić information content (AvgIpc) is 2.40. The Balaban J connectivity index is 2.06. The van der Waals surface area contributed by atoms with Crippen LogP contribution in [0.15, 0.2) is 41.3 Å². The van der Waals surface area contributed by atoms with Crippen molar-refractivity contribution in [3.05, 3.63) is 64.1 Å². The Morgan fingerprint density at radius 3 is 2.74 bits per heavy atom. The number of nitrogens with one attached hydrogen (secondary N) is 1. The smallest absolute Gasteiger partial charge is 0.250 e. The number of anilines is 1. The van der Waals surface area contributed by atoms with Gasteiger partial charge in [-0.2, -0.15) is 0 Å². The Kier molecular flexibility index (Phi) is 3.94. The van der Waals surface area contributed by atoms with Gasteiger partial charge in [0.15, 0.2) is 5.82 Å². The van der Waals surface area contributed by atoms with E-state index in [2.05, 4.69) is 5.32 Å². The van der Waals surface area contributed by atoms with E-state index in [1.807, 2.05) is 0 Å². The Labute approximate surface area is 109 Å². The molecular formula is C14H14F2N2O. The summed E-state index contributed by atoms with van der Waals surface area (Å²) in [5.74, 6) is -1.23. The Morgan fingerprint density at radius 2 is 2.00 bits per heavy atom. The van der Waals surface area contributed by atoms with Gasteiger partial charge in [-0.3, -0.25) is 4.79 Å². The van der Waals surface area contributed by atoms with Crippen LogP contribution >= 0.6 is 0 Å². The molecule has 0 atom stereocenters. The zero-order valence-corrected chi connectivity index (χ0v) is 10.5. The number of aromatic nitrogens is 1. The molecule has 0 saturated heterocycles. The molecule has 0 spiro atoms. The fourth-order valence-corrected chi connectivity index (χ4v) is 1.77. The van der Waals surface area contributed by atoms with Gasteiger partial charge >= 0.3 is 0 Å². The topological polar surface area (TPSA) is 34.0 Å². The monoisotopic (exact) mass is 264 g/mol. The first kappa shape index (κ1) is 13.3. The second kappa shape index (κ2) is 5.65. The van der Waals surface area contributed by atoms with E-state index in [1.54, 1.807) is 25.3 Å². The summed E-state index contributed by atoms with van der Waals surface area (Å²) in [5.41, 5.74) is 0.0826. The molecule has 0 amide bonds. The van der Waals surface area contributed by atoms with Crippen LogP contribution in [0.4, 0.5) is 14.5 Å². The van der Waals surface area contributed by atoms with Crippen molar-refractivity contribution in [2.75, 3.05) is 11.9 Å². The first-order chi connectivity index (χ1) is 9.09. The lowest BCUT2D eigenvalue weighted by molar-refractivity contribution is 0.579. The minimum atomic E-state index is -0.636. The molecule has 0 fully saturated rings. The van der Waals surface area contributed by atoms with Gasteiger partial charge in [-0.05, 0) is 24.6 Å². The number of rotatable bonds is 4. The molecule has 1 N–H and O–H groups in total. The van der Waals surface area contributed by atoms with E-state index >= 15 is 0 Å². The molecule has 1 aromatic heterocycles. The average molecular weight is 264 g/mol. The second-order valence-corrected chi connectivity index (χ2v) is 4.21. The largest absolute Gasteiger partial charge is 0.378 e. The molecule has 0 bridgehead atoms. The Morgan fingerprint density at radius 1 is 1.21 bits per heavy atom. The zero-order valence-electron chi connectivity index (χ0n) is 10.5. The van der Waals surface area contributed by atoms with Gasteiger partial charge in [0.2, 0.25) is 0 Å². The van der Waals surface area contributed by atoms with Crippen LogP contribution in [-0.4, -0.2) is 11.1 Å². The Hall–Kier alpha value is -2.17. The van der Waals surface area contributed by atoms with Crippen molar-refractivity contribution in [1.29, 1.82) is 0 Å². The fourth-order valence-electron chi connectivity index (χ4n) is 1.77. The number of halogens is 2. The third-order valence-corrected chi connectivity index (χ3v) is 2.84. The van der Waals surface area contributed by atoms with Crippen molar-refractivity contribution in [3.8, 4) is 0 Å². The summed E-state index contributed by atoms with van der Waals surface area (Å²) in [4.78, 5) is 11.4. The maximum absolute atomic E-state index is 13.7. The Bertz CT molecular complexity index is 638. The zero-order chi connectivity index (χ0) is 13.8. The van der Waals surface area contributed by atoms with Gasteiger partial charge in [0.1, 0.15) is 11.5 Å². The van der Waals surface area contributed by atoms with E-state index in [9.17, 15) is 13.6 Å². The van der Waals surface area contributed by atoms with Gasteiger partial charge in [0, 0.05) is 25.4 Å². The van der Waals surface area contributed by atoms with Crippen LogP contribution in [0.5, 0.6) is 0 Å². The molecule has 3 nitrogen and oxygen atoms in total. The van der Waals surface area contributed by atoms with E-state index in [0.717, 1.165) is 0 Å². The molecule has 0 aliphatic rings. The van der Waals surface area contributed by atoms with Crippen LogP contribution in [0, 0.1) is 18.6 Å². The van der Waals surface area contributed by atoms with Crippen LogP contribution < -0.4 is 10.9 Å². The quantitative estimate of drug-likeness (QED) is 0.920. The maximum atomic E-state index is 13.7. The molecule has 100 valence electrons. The number of hydrogen-bond acceptors (Lipinski definition) is 2. The van der Waals surface area contributed by atoms with Crippen LogP contribution in [0.2, 0.25) is 0 Å². The normalized spacial score (nSPS) is 10.5. The summed E-state index contributed by atoms with van der Waals surface area (Å²) < 4.78 is 28.6. The molecule has 2 aromatic rings. The van der Waals surface area contributed by atoms with Gasteiger partial charge in [0.05, 0.1) is 0 Å². The highest BCUT2D eigenvalue weighted by molar-refractivity contribution is 5.48. The standard InChI is InChI=1S/C14H14F2N2O/c1-10-5-6-11(15)14(13(10)16)17-7-9-18-8-3-2-4-12(18)19/h2-6,8,17H,7,9H2,1H3. The number of pyridine rings is 1. The van der Waals surface area contributed by atoms with Gasteiger partial charge in [-0.15, -0.1) is 0 Å². The summed E-state index contributed by atoms with van der Waals surface area (Å²) in [6.45, 7) is 2.18. The highest BCUT2D eigenvalue weighted by Crippen LogP contribution is 2.21. The third-order valence-electron chi connectivity index (χ3n) is 2.84. The van der Waals surface area contributed by atoms with Crippen molar-refractivity contribution >= 4 is 5.69 Å². The van der Waals surface area contributed by atoms with E-state index < -0.39 is 11.6 Å². The lowest BCUT2D eigenvalue weighted by Gasteiger charge is -2.11. The predicted octanol–water partition coefficient (Wildman–Crippen LogP) is 2.55. The molecule has 0 unspecified atom stereocenters. The highest BCUT2D eigenvalue weighted by Gasteiger charge is 2.10. The predicted molar refractivity (Wildman–Crippen MR) is 70.3 cm³/mol. The molecule has 0 aliphatic carbocycles. The summed E-state index contributed by atoms with van der Waals surface area (Å²) in [6, 6.07) is 7.42. The first-order valence-electron chi connectivity index (χ1n) is 5.93. The molecule has 5 heteroatoms. The SMILES string of the molecule is Cc1ccc(F)c(NCCn2ccccc2=O)c1F. The molecular weight excluding hydrogens is 250 g/mol. The van der Waals surface area contributed by atoms with E-state index in [1.165, 1.54) is 22.8 Å². The minimum absolute atomic E-state index is 0.144. The van der Waals surface area contributed by atoms with Gasteiger partial charge in [-0.25, -0.2) is 8.78 Å². The first-order valence-corrected chi connectivity index (χ1v) is 5.93. The van der Waals surface area contributed by atoms with Crippen LogP contribution in [0.3, 0.4) is 0 Å². The maximum Gasteiger partial charge on any atom is 0.250 e. The van der Waals surface area contributed by atoms with Crippen molar-refractivity contribution in [2.24, 2.45) is 0 Å². The number of hydrogen-bond donors (Lipinski definition) is 1. The number of nitrogens with zero attached hydrogens (tertiary/aromatic N) is 1. The van der Waals surface area contributed by atoms with Crippen LogP contribution in [0.25, 0.3) is 0 Å². The summed E-state index contributed by atoms with van der Waals surface area (Å²) in [5, 5.41) is 2.69. The van der Waals surface area contributed by atoms with Gasteiger partial charge < -0.3 is 9.88 Å². The molecule has 2 rings (SSSR count). The lowest BCUT2D eigenvalue weighted by atomic mass is 10.2. The van der Waals surface area contributed by atoms with E-state index in [-0.39, 0.29) is 17.8 Å². The molecule has 1 heterocycles. The number of benzene rings is 1. The number of aryl methyl sites for hydroxylation is 1. The molecule has 0 radical (unpaired) electrons. The minimum Gasteiger partial charge on any atom is -0.378 e. The second-order valence-electron chi connectivity index (χ2n) is 4.21. The van der Waals surface area contributed by atoms with E-state index in [4.69, 9.17) is 0 Å². The van der Waals surface area contributed by atoms with Crippen LogP contribution in [0.1, 0.15) is 5.56 Å². The van der Waals surface area contributed by atoms with Gasteiger partial charge in [0.25, 0.3) is 5.56 Å². The van der Waals surface area contributed by atoms with Crippen molar-refractivity contribution in [1.82, 2.24) is 4.57 Å². The molecule has 0 aliphatic heterocycles. The van der Waals surface area contributed by atoms with Crippen molar-refractivity contribution in [2.45, 2.75) is 13.5 Å². The molecule has 1 aromatic carbocycles. The van der Waals surface area contributed by atoms with Crippen molar-refractivity contribution < 1.29 is 8.78 Å². The summed E-state index contributed by atoms with van der Waals surface area (Å²) in [7, 11) is 0. The summed E-state index contributed by atoms with van der Waals surface area (Å²) in [6.07, 6.45) is 1.63. The third kappa shape index (κ3) is 2.99. The van der Waals surface area contributed by atoms with E-state index in [0.29, 0.717) is 12.1 Å². The van der Waals surface area contributed by atoms with Gasteiger partial charge in [-0.1, -0.05) is 12.1 Å². The fraction of sp³-hybridized carbons (Fsp3) is 0.214. The molecule has 0 saturated carbocycles. The van der Waals surface area contributed by atoms with Crippen LogP contribution in [-0.2, 0) is 6.54 Å². The van der Waals surface area contributed by atoms with Crippen molar-refractivity contribution in [3.63, 3.8) is 0 Å².